The molecule has 1 aromatic heterocycles. The predicted molar refractivity (Wildman–Crippen MR) is 74.0 cm³/mol. The van der Waals surface area contributed by atoms with Crippen molar-refractivity contribution in [2.45, 2.75) is 32.2 Å². The largest absolute Gasteiger partial charge is 0.389 e. The summed E-state index contributed by atoms with van der Waals surface area (Å²) in [6, 6.07) is 4.20. The summed E-state index contributed by atoms with van der Waals surface area (Å²) >= 11 is 6.71. The van der Waals surface area contributed by atoms with E-state index < -0.39 is 0 Å². The maximum absolute atomic E-state index is 5.61. The van der Waals surface area contributed by atoms with Gasteiger partial charge in [0.2, 0.25) is 0 Å². The van der Waals surface area contributed by atoms with Crippen molar-refractivity contribution in [2.24, 2.45) is 5.73 Å². The zero-order valence-corrected chi connectivity index (χ0v) is 11.1. The first-order chi connectivity index (χ1) is 7.75. The first-order valence-electron chi connectivity index (χ1n) is 5.86. The molecule has 0 aliphatic carbocycles. The summed E-state index contributed by atoms with van der Waals surface area (Å²) in [5.74, 6) is 0. The van der Waals surface area contributed by atoms with Gasteiger partial charge in [-0.25, -0.2) is 0 Å². The normalized spacial score (nSPS) is 18.2. The summed E-state index contributed by atoms with van der Waals surface area (Å²) in [5, 5.41) is 0. The van der Waals surface area contributed by atoms with Crippen molar-refractivity contribution in [1.29, 1.82) is 0 Å². The first-order valence-corrected chi connectivity index (χ1v) is 7.09. The molecule has 1 fully saturated rings. The van der Waals surface area contributed by atoms with E-state index in [9.17, 15) is 0 Å². The lowest BCUT2D eigenvalue weighted by Crippen LogP contribution is -2.23. The van der Waals surface area contributed by atoms with Crippen molar-refractivity contribution >= 4 is 28.5 Å². The van der Waals surface area contributed by atoms with Crippen LogP contribution in [0, 0.1) is 0 Å². The van der Waals surface area contributed by atoms with Crippen LogP contribution >= 0.6 is 23.6 Å². The molecule has 1 saturated heterocycles. The molecule has 0 saturated carbocycles. The van der Waals surface area contributed by atoms with Crippen molar-refractivity contribution in [3.05, 3.63) is 21.9 Å². The van der Waals surface area contributed by atoms with E-state index in [1.807, 2.05) is 6.07 Å². The molecule has 1 aliphatic rings. The molecular weight excluding hydrogens is 236 g/mol. The minimum absolute atomic E-state index is 0.520. The Morgan fingerprint density at radius 1 is 1.25 bits per heavy atom. The van der Waals surface area contributed by atoms with E-state index in [4.69, 9.17) is 18.0 Å². The second kappa shape index (κ2) is 5.75. The molecule has 88 valence electrons. The van der Waals surface area contributed by atoms with Gasteiger partial charge in [-0.3, -0.25) is 4.90 Å². The van der Waals surface area contributed by atoms with Gasteiger partial charge in [0, 0.05) is 11.4 Å². The van der Waals surface area contributed by atoms with E-state index >= 15 is 0 Å². The Labute approximate surface area is 106 Å². The predicted octanol–water partition coefficient (Wildman–Crippen LogP) is 2.76. The molecule has 1 aliphatic heterocycles. The molecule has 0 amide bonds. The summed E-state index contributed by atoms with van der Waals surface area (Å²) in [6.45, 7) is 3.54. The summed E-state index contributed by atoms with van der Waals surface area (Å²) in [6.07, 6.45) is 5.46. The molecule has 2 rings (SSSR count). The second-order valence-corrected chi connectivity index (χ2v) is 5.93. The molecule has 0 atom stereocenters. The molecule has 0 radical (unpaired) electrons. The van der Waals surface area contributed by atoms with Crippen LogP contribution in [0.25, 0.3) is 0 Å². The van der Waals surface area contributed by atoms with Gasteiger partial charge in [-0.15, -0.1) is 11.3 Å². The smallest absolute Gasteiger partial charge is 0.114 e. The van der Waals surface area contributed by atoms with Crippen molar-refractivity contribution < 1.29 is 0 Å². The minimum Gasteiger partial charge on any atom is -0.389 e. The van der Waals surface area contributed by atoms with Gasteiger partial charge in [-0.05, 0) is 38.1 Å². The van der Waals surface area contributed by atoms with E-state index in [1.165, 1.54) is 43.6 Å². The molecule has 2 nitrogen and oxygen atoms in total. The van der Waals surface area contributed by atoms with Crippen molar-refractivity contribution in [2.75, 3.05) is 13.1 Å². The maximum Gasteiger partial charge on any atom is 0.114 e. The molecule has 1 aromatic rings. The summed E-state index contributed by atoms with van der Waals surface area (Å²) in [5.41, 5.74) is 5.61. The number of rotatable bonds is 3. The van der Waals surface area contributed by atoms with Crippen LogP contribution in [0.3, 0.4) is 0 Å². The number of hydrogen-bond acceptors (Lipinski definition) is 3. The van der Waals surface area contributed by atoms with E-state index in [0.29, 0.717) is 4.99 Å². The average molecular weight is 254 g/mol. The van der Waals surface area contributed by atoms with Crippen LogP contribution in [0.5, 0.6) is 0 Å². The molecule has 4 heteroatoms. The molecular formula is C12H18N2S2. The molecule has 0 aromatic carbocycles. The number of nitrogens with two attached hydrogens (primary N) is 1. The highest BCUT2D eigenvalue weighted by Gasteiger charge is 2.11. The van der Waals surface area contributed by atoms with Gasteiger partial charge in [0.1, 0.15) is 4.99 Å². The Kier molecular flexibility index (Phi) is 4.32. The number of likely N-dealkylation sites (tertiary alicyclic amines) is 1. The van der Waals surface area contributed by atoms with Crippen LogP contribution in [-0.2, 0) is 6.54 Å². The highest BCUT2D eigenvalue weighted by molar-refractivity contribution is 7.81. The maximum atomic E-state index is 5.61. The fourth-order valence-corrected chi connectivity index (χ4v) is 3.21. The van der Waals surface area contributed by atoms with Crippen LogP contribution < -0.4 is 5.73 Å². The van der Waals surface area contributed by atoms with Crippen LogP contribution in [0.4, 0.5) is 0 Å². The van der Waals surface area contributed by atoms with Crippen LogP contribution in [0.2, 0.25) is 0 Å². The fourth-order valence-electron chi connectivity index (χ4n) is 2.11. The lowest BCUT2D eigenvalue weighted by molar-refractivity contribution is 0.279. The highest BCUT2D eigenvalue weighted by atomic mass is 32.1. The number of thiocarbonyl (C=S) groups is 1. The Balaban J connectivity index is 1.94. The van der Waals surface area contributed by atoms with Crippen molar-refractivity contribution in [1.82, 2.24) is 4.90 Å². The Hall–Kier alpha value is -0.450. The van der Waals surface area contributed by atoms with Gasteiger partial charge in [-0.2, -0.15) is 0 Å². The number of nitrogens with zero attached hydrogens (tertiary/aromatic N) is 1. The quantitative estimate of drug-likeness (QED) is 0.841. The van der Waals surface area contributed by atoms with Crippen molar-refractivity contribution in [3.63, 3.8) is 0 Å². The van der Waals surface area contributed by atoms with Gasteiger partial charge in [0.05, 0.1) is 4.88 Å². The Morgan fingerprint density at radius 3 is 2.50 bits per heavy atom. The highest BCUT2D eigenvalue weighted by Crippen LogP contribution is 2.20. The van der Waals surface area contributed by atoms with E-state index in [2.05, 4.69) is 11.0 Å². The van der Waals surface area contributed by atoms with Crippen LogP contribution in [0.1, 0.15) is 35.4 Å². The molecule has 16 heavy (non-hydrogen) atoms. The van der Waals surface area contributed by atoms with Gasteiger partial charge in [-0.1, -0.05) is 25.1 Å². The number of hydrogen-bond donors (Lipinski definition) is 1. The second-order valence-electron chi connectivity index (χ2n) is 4.32. The average Bonchev–Trinajstić information content (AvgIpc) is 2.56. The third-order valence-electron chi connectivity index (χ3n) is 2.98. The monoisotopic (exact) mass is 254 g/mol. The van der Waals surface area contributed by atoms with E-state index in [-0.39, 0.29) is 0 Å². The van der Waals surface area contributed by atoms with Gasteiger partial charge < -0.3 is 5.73 Å². The van der Waals surface area contributed by atoms with Crippen molar-refractivity contribution in [3.8, 4) is 0 Å². The third-order valence-corrected chi connectivity index (χ3v) is 4.44. The lowest BCUT2D eigenvalue weighted by atomic mass is 10.2. The van der Waals surface area contributed by atoms with Crippen LogP contribution in [-0.4, -0.2) is 23.0 Å². The molecule has 0 spiro atoms. The molecule has 0 bridgehead atoms. The third kappa shape index (κ3) is 3.27. The van der Waals surface area contributed by atoms with Crippen LogP contribution in [0.15, 0.2) is 12.1 Å². The zero-order chi connectivity index (χ0) is 11.4. The molecule has 2 heterocycles. The minimum atomic E-state index is 0.520. The zero-order valence-electron chi connectivity index (χ0n) is 9.45. The summed E-state index contributed by atoms with van der Waals surface area (Å²) in [4.78, 5) is 5.49. The standard InChI is InChI=1S/C12H18N2S2/c13-12(15)11-6-5-10(16-11)9-14-7-3-1-2-4-8-14/h5-6H,1-4,7-9H2,(H2,13,15). The molecule has 2 N–H and O–H groups in total. The first kappa shape index (κ1) is 12.0. The topological polar surface area (TPSA) is 29.3 Å². The van der Waals surface area contributed by atoms with E-state index in [1.54, 1.807) is 11.3 Å². The number of thiophene rings is 1. The van der Waals surface area contributed by atoms with Gasteiger partial charge in [0.25, 0.3) is 0 Å². The Bertz CT molecular complexity index is 352. The SMILES string of the molecule is NC(=S)c1ccc(CN2CCCCCC2)s1. The van der Waals surface area contributed by atoms with Gasteiger partial charge >= 0.3 is 0 Å². The van der Waals surface area contributed by atoms with Gasteiger partial charge in [0.15, 0.2) is 0 Å². The van der Waals surface area contributed by atoms with E-state index in [0.717, 1.165) is 11.4 Å². The lowest BCUT2D eigenvalue weighted by Gasteiger charge is -2.18. The Morgan fingerprint density at radius 2 is 1.94 bits per heavy atom. The fraction of sp³-hybridized carbons (Fsp3) is 0.583. The summed E-state index contributed by atoms with van der Waals surface area (Å²) < 4.78 is 0. The summed E-state index contributed by atoms with van der Waals surface area (Å²) in [7, 11) is 0. The molecule has 0 unspecified atom stereocenters.